The monoisotopic (exact) mass is 472 g/mol. The quantitative estimate of drug-likeness (QED) is 0.604. The standard InChI is InChI=1S/C22H24ClF3N2O4/c1-30-17-11-15(12-18(13-17)31-2)21(29)28-7-5-27(6-8-28)9-10-32-16-3-4-20(23)19(14-16)22(24,25)26/h3-4,11-14H,5-10H2,1-2H3. The Balaban J connectivity index is 1.50. The Morgan fingerprint density at radius 2 is 1.59 bits per heavy atom. The van der Waals surface area contributed by atoms with Gasteiger partial charge in [0.2, 0.25) is 0 Å². The van der Waals surface area contributed by atoms with Crippen LogP contribution in [0.15, 0.2) is 36.4 Å². The Morgan fingerprint density at radius 1 is 0.969 bits per heavy atom. The van der Waals surface area contributed by atoms with Crippen molar-refractivity contribution in [3.05, 3.63) is 52.5 Å². The van der Waals surface area contributed by atoms with Gasteiger partial charge >= 0.3 is 6.18 Å². The second-order valence-corrected chi connectivity index (χ2v) is 7.63. The molecule has 32 heavy (non-hydrogen) atoms. The Hall–Kier alpha value is -2.65. The van der Waals surface area contributed by atoms with Crippen LogP contribution in [-0.4, -0.2) is 69.3 Å². The highest BCUT2D eigenvalue weighted by Gasteiger charge is 2.33. The lowest BCUT2D eigenvalue weighted by atomic mass is 10.1. The molecule has 0 saturated carbocycles. The molecule has 1 saturated heterocycles. The summed E-state index contributed by atoms with van der Waals surface area (Å²) in [5.74, 6) is 1.08. The summed E-state index contributed by atoms with van der Waals surface area (Å²) in [4.78, 5) is 16.7. The van der Waals surface area contributed by atoms with Crippen molar-refractivity contribution in [1.29, 1.82) is 0 Å². The van der Waals surface area contributed by atoms with Crippen molar-refractivity contribution in [3.8, 4) is 17.2 Å². The van der Waals surface area contributed by atoms with E-state index in [1.165, 1.54) is 26.4 Å². The topological polar surface area (TPSA) is 51.2 Å². The summed E-state index contributed by atoms with van der Waals surface area (Å²) in [5.41, 5.74) is -0.431. The zero-order chi connectivity index (χ0) is 23.3. The van der Waals surface area contributed by atoms with Crippen molar-refractivity contribution in [2.75, 3.05) is 53.6 Å². The molecule has 1 amide bonds. The average molecular weight is 473 g/mol. The molecule has 1 aliphatic rings. The number of ether oxygens (including phenoxy) is 3. The first kappa shape index (κ1) is 24.0. The molecule has 0 aliphatic carbocycles. The van der Waals surface area contributed by atoms with E-state index in [0.717, 1.165) is 6.07 Å². The number of hydrogen-bond donors (Lipinski definition) is 0. The van der Waals surface area contributed by atoms with E-state index in [-0.39, 0.29) is 23.3 Å². The number of halogens is 4. The lowest BCUT2D eigenvalue weighted by Crippen LogP contribution is -2.49. The van der Waals surface area contributed by atoms with Gasteiger partial charge in [-0.25, -0.2) is 0 Å². The van der Waals surface area contributed by atoms with E-state index in [0.29, 0.717) is 49.8 Å². The number of rotatable bonds is 7. The molecule has 0 bridgehead atoms. The number of benzene rings is 2. The minimum absolute atomic E-state index is 0.112. The van der Waals surface area contributed by atoms with Crippen molar-refractivity contribution in [3.63, 3.8) is 0 Å². The van der Waals surface area contributed by atoms with Gasteiger partial charge in [0.15, 0.2) is 0 Å². The molecule has 0 atom stereocenters. The molecule has 0 unspecified atom stereocenters. The maximum atomic E-state index is 13.0. The molecule has 10 heteroatoms. The minimum Gasteiger partial charge on any atom is -0.497 e. The lowest BCUT2D eigenvalue weighted by Gasteiger charge is -2.34. The number of methoxy groups -OCH3 is 2. The van der Waals surface area contributed by atoms with E-state index < -0.39 is 11.7 Å². The Labute approximate surface area is 189 Å². The highest BCUT2D eigenvalue weighted by Crippen LogP contribution is 2.36. The molecule has 0 N–H and O–H groups in total. The fraction of sp³-hybridized carbons (Fsp3) is 0.409. The lowest BCUT2D eigenvalue weighted by molar-refractivity contribution is -0.137. The van der Waals surface area contributed by atoms with Crippen LogP contribution in [0.4, 0.5) is 13.2 Å². The average Bonchev–Trinajstić information content (AvgIpc) is 2.79. The van der Waals surface area contributed by atoms with Crippen LogP contribution in [0.25, 0.3) is 0 Å². The first-order chi connectivity index (χ1) is 15.2. The van der Waals surface area contributed by atoms with Gasteiger partial charge in [-0.3, -0.25) is 9.69 Å². The normalized spacial score (nSPS) is 14.9. The van der Waals surface area contributed by atoms with Gasteiger partial charge in [0.05, 0.1) is 24.8 Å². The van der Waals surface area contributed by atoms with Crippen molar-refractivity contribution in [2.45, 2.75) is 6.18 Å². The highest BCUT2D eigenvalue weighted by atomic mass is 35.5. The van der Waals surface area contributed by atoms with Crippen molar-refractivity contribution < 1.29 is 32.2 Å². The molecule has 2 aromatic carbocycles. The fourth-order valence-corrected chi connectivity index (χ4v) is 3.62. The first-order valence-electron chi connectivity index (χ1n) is 9.95. The van der Waals surface area contributed by atoms with Crippen LogP contribution >= 0.6 is 11.6 Å². The summed E-state index contributed by atoms with van der Waals surface area (Å²) < 4.78 is 54.8. The fourth-order valence-electron chi connectivity index (χ4n) is 3.39. The maximum absolute atomic E-state index is 13.0. The summed E-state index contributed by atoms with van der Waals surface area (Å²) in [6.07, 6.45) is -4.54. The van der Waals surface area contributed by atoms with E-state index in [1.54, 1.807) is 23.1 Å². The van der Waals surface area contributed by atoms with Gasteiger partial charge in [-0.1, -0.05) is 11.6 Å². The molecule has 0 radical (unpaired) electrons. The zero-order valence-corrected chi connectivity index (χ0v) is 18.5. The maximum Gasteiger partial charge on any atom is 0.417 e. The summed E-state index contributed by atoms with van der Waals surface area (Å²) in [6, 6.07) is 8.54. The second-order valence-electron chi connectivity index (χ2n) is 7.22. The summed E-state index contributed by atoms with van der Waals surface area (Å²) in [6.45, 7) is 3.06. The molecular formula is C22H24ClF3N2O4. The van der Waals surface area contributed by atoms with Gasteiger partial charge in [0.1, 0.15) is 23.9 Å². The van der Waals surface area contributed by atoms with Gasteiger partial charge in [0, 0.05) is 44.4 Å². The van der Waals surface area contributed by atoms with Gasteiger partial charge < -0.3 is 19.1 Å². The van der Waals surface area contributed by atoms with E-state index >= 15 is 0 Å². The van der Waals surface area contributed by atoms with Gasteiger partial charge in [-0.2, -0.15) is 13.2 Å². The largest absolute Gasteiger partial charge is 0.497 e. The third-order valence-corrected chi connectivity index (χ3v) is 5.51. The van der Waals surface area contributed by atoms with Crippen LogP contribution in [0.3, 0.4) is 0 Å². The number of nitrogens with zero attached hydrogens (tertiary/aromatic N) is 2. The second kappa shape index (κ2) is 10.3. The zero-order valence-electron chi connectivity index (χ0n) is 17.7. The van der Waals surface area contributed by atoms with E-state index in [9.17, 15) is 18.0 Å². The number of amides is 1. The Kier molecular flexibility index (Phi) is 7.73. The van der Waals surface area contributed by atoms with E-state index in [2.05, 4.69) is 4.90 Å². The smallest absolute Gasteiger partial charge is 0.417 e. The summed E-state index contributed by atoms with van der Waals surface area (Å²) >= 11 is 5.62. The highest BCUT2D eigenvalue weighted by molar-refractivity contribution is 6.31. The Bertz CT molecular complexity index is 925. The molecular weight excluding hydrogens is 449 g/mol. The third-order valence-electron chi connectivity index (χ3n) is 5.18. The van der Waals surface area contributed by atoms with Crippen LogP contribution < -0.4 is 14.2 Å². The van der Waals surface area contributed by atoms with E-state index in [4.69, 9.17) is 25.8 Å². The predicted octanol–water partition coefficient (Wildman–Crippen LogP) is 4.21. The molecule has 0 aromatic heterocycles. The van der Waals surface area contributed by atoms with Crippen molar-refractivity contribution >= 4 is 17.5 Å². The van der Waals surface area contributed by atoms with Gasteiger partial charge in [-0.15, -0.1) is 0 Å². The van der Waals surface area contributed by atoms with Crippen LogP contribution in [0, 0.1) is 0 Å². The molecule has 174 valence electrons. The number of hydrogen-bond acceptors (Lipinski definition) is 5. The van der Waals surface area contributed by atoms with Crippen LogP contribution in [-0.2, 0) is 6.18 Å². The predicted molar refractivity (Wildman–Crippen MR) is 114 cm³/mol. The molecule has 3 rings (SSSR count). The number of carbonyl (C=O) groups is 1. The molecule has 6 nitrogen and oxygen atoms in total. The van der Waals surface area contributed by atoms with Gasteiger partial charge in [0.25, 0.3) is 5.91 Å². The number of piperazine rings is 1. The molecule has 1 heterocycles. The number of alkyl halides is 3. The third kappa shape index (κ3) is 5.98. The number of carbonyl (C=O) groups excluding carboxylic acids is 1. The summed E-state index contributed by atoms with van der Waals surface area (Å²) in [5, 5.41) is -0.362. The minimum atomic E-state index is -4.54. The Morgan fingerprint density at radius 3 is 2.16 bits per heavy atom. The van der Waals surface area contributed by atoms with Crippen LogP contribution in [0.1, 0.15) is 15.9 Å². The van der Waals surface area contributed by atoms with Crippen LogP contribution in [0.5, 0.6) is 17.2 Å². The molecule has 2 aromatic rings. The molecule has 1 fully saturated rings. The van der Waals surface area contributed by atoms with E-state index in [1.807, 2.05) is 0 Å². The summed E-state index contributed by atoms with van der Waals surface area (Å²) in [7, 11) is 3.05. The van der Waals surface area contributed by atoms with Crippen molar-refractivity contribution in [1.82, 2.24) is 9.80 Å². The van der Waals surface area contributed by atoms with Gasteiger partial charge in [-0.05, 0) is 30.3 Å². The molecule has 0 spiro atoms. The first-order valence-corrected chi connectivity index (χ1v) is 10.3. The van der Waals surface area contributed by atoms with Crippen LogP contribution in [0.2, 0.25) is 5.02 Å². The molecule has 1 aliphatic heterocycles. The van der Waals surface area contributed by atoms with Crippen molar-refractivity contribution in [2.24, 2.45) is 0 Å². The SMILES string of the molecule is COc1cc(OC)cc(C(=O)N2CCN(CCOc3ccc(Cl)c(C(F)(F)F)c3)CC2)c1.